The molecule has 0 amide bonds. The SMILES string of the molecule is Cc1cccc(N2CCN(Cc3nc(-c4ccccc4)oc3C)CC2)c1. The van der Waals surface area contributed by atoms with E-state index in [1.165, 1.54) is 11.3 Å². The van der Waals surface area contributed by atoms with Crippen molar-refractivity contribution in [1.82, 2.24) is 9.88 Å². The smallest absolute Gasteiger partial charge is 0.226 e. The summed E-state index contributed by atoms with van der Waals surface area (Å²) in [6.45, 7) is 9.19. The van der Waals surface area contributed by atoms with Gasteiger partial charge in [-0.05, 0) is 43.7 Å². The van der Waals surface area contributed by atoms with E-state index in [1.807, 2.05) is 37.3 Å². The van der Waals surface area contributed by atoms with Crippen LogP contribution in [-0.2, 0) is 6.54 Å². The van der Waals surface area contributed by atoms with Gasteiger partial charge < -0.3 is 9.32 Å². The molecule has 4 nitrogen and oxygen atoms in total. The zero-order valence-electron chi connectivity index (χ0n) is 15.5. The molecule has 2 aromatic carbocycles. The lowest BCUT2D eigenvalue weighted by molar-refractivity contribution is 0.246. The molecule has 3 aromatic rings. The lowest BCUT2D eigenvalue weighted by atomic mass is 10.2. The quantitative estimate of drug-likeness (QED) is 0.705. The molecule has 4 rings (SSSR count). The van der Waals surface area contributed by atoms with Gasteiger partial charge in [-0.1, -0.05) is 30.3 Å². The van der Waals surface area contributed by atoms with Crippen LogP contribution in [0.15, 0.2) is 59.0 Å². The third-order valence-electron chi connectivity index (χ3n) is 5.03. The van der Waals surface area contributed by atoms with Gasteiger partial charge in [0.2, 0.25) is 5.89 Å². The molecule has 4 heteroatoms. The molecule has 134 valence electrons. The minimum atomic E-state index is 0.719. The number of oxazole rings is 1. The van der Waals surface area contributed by atoms with E-state index in [9.17, 15) is 0 Å². The molecule has 0 unspecified atom stereocenters. The van der Waals surface area contributed by atoms with Crippen LogP contribution in [0.4, 0.5) is 5.69 Å². The number of nitrogens with zero attached hydrogens (tertiary/aromatic N) is 3. The van der Waals surface area contributed by atoms with Gasteiger partial charge in [0.25, 0.3) is 0 Å². The Balaban J connectivity index is 1.40. The molecule has 1 fully saturated rings. The normalized spacial score (nSPS) is 15.4. The molecule has 1 aliphatic heterocycles. The Labute approximate surface area is 155 Å². The number of rotatable bonds is 4. The van der Waals surface area contributed by atoms with Gasteiger partial charge in [-0.3, -0.25) is 4.90 Å². The van der Waals surface area contributed by atoms with Crippen LogP contribution < -0.4 is 4.90 Å². The number of aromatic nitrogens is 1. The van der Waals surface area contributed by atoms with Crippen molar-refractivity contribution in [1.29, 1.82) is 0 Å². The Hall–Kier alpha value is -2.59. The largest absolute Gasteiger partial charge is 0.441 e. The van der Waals surface area contributed by atoms with Crippen LogP contribution in [0.2, 0.25) is 0 Å². The van der Waals surface area contributed by atoms with Gasteiger partial charge in [0.1, 0.15) is 5.76 Å². The second-order valence-corrected chi connectivity index (χ2v) is 6.99. The van der Waals surface area contributed by atoms with Crippen molar-refractivity contribution < 1.29 is 4.42 Å². The molecule has 1 aliphatic rings. The summed E-state index contributed by atoms with van der Waals surface area (Å²) in [5.74, 6) is 1.64. The summed E-state index contributed by atoms with van der Waals surface area (Å²) < 4.78 is 5.90. The maximum Gasteiger partial charge on any atom is 0.226 e. The van der Waals surface area contributed by atoms with E-state index >= 15 is 0 Å². The zero-order valence-corrected chi connectivity index (χ0v) is 15.5. The van der Waals surface area contributed by atoms with Gasteiger partial charge in [-0.25, -0.2) is 4.98 Å². The summed E-state index contributed by atoms with van der Waals surface area (Å²) in [6.07, 6.45) is 0. The van der Waals surface area contributed by atoms with Crippen molar-refractivity contribution in [2.45, 2.75) is 20.4 Å². The van der Waals surface area contributed by atoms with E-state index in [1.54, 1.807) is 0 Å². The summed E-state index contributed by atoms with van der Waals surface area (Å²) in [4.78, 5) is 9.67. The van der Waals surface area contributed by atoms with Crippen LogP contribution in [0.25, 0.3) is 11.5 Å². The highest BCUT2D eigenvalue weighted by atomic mass is 16.4. The highest BCUT2D eigenvalue weighted by molar-refractivity contribution is 5.53. The monoisotopic (exact) mass is 347 g/mol. The fourth-order valence-corrected chi connectivity index (χ4v) is 3.48. The number of hydrogen-bond acceptors (Lipinski definition) is 4. The third-order valence-corrected chi connectivity index (χ3v) is 5.03. The number of benzene rings is 2. The standard InChI is InChI=1S/C22H25N3O/c1-17-7-6-10-20(15-17)25-13-11-24(12-14-25)16-21-18(2)26-22(23-21)19-8-4-3-5-9-19/h3-10,15H,11-14,16H2,1-2H3. The van der Waals surface area contributed by atoms with E-state index in [0.29, 0.717) is 0 Å². The van der Waals surface area contributed by atoms with Crippen molar-refractivity contribution >= 4 is 5.69 Å². The average Bonchev–Trinajstić information content (AvgIpc) is 3.04. The van der Waals surface area contributed by atoms with Crippen LogP contribution >= 0.6 is 0 Å². The average molecular weight is 347 g/mol. The van der Waals surface area contributed by atoms with Crippen LogP contribution in [0.1, 0.15) is 17.0 Å². The second kappa shape index (κ2) is 7.34. The molecule has 2 heterocycles. The lowest BCUT2D eigenvalue weighted by Gasteiger charge is -2.36. The number of piperazine rings is 1. The molecule has 0 aliphatic carbocycles. The van der Waals surface area contributed by atoms with E-state index in [-0.39, 0.29) is 0 Å². The molecule has 0 radical (unpaired) electrons. The van der Waals surface area contributed by atoms with Gasteiger partial charge in [-0.15, -0.1) is 0 Å². The van der Waals surface area contributed by atoms with E-state index in [4.69, 9.17) is 9.40 Å². The maximum atomic E-state index is 5.90. The fraction of sp³-hybridized carbons (Fsp3) is 0.318. The second-order valence-electron chi connectivity index (χ2n) is 6.99. The molecule has 0 N–H and O–H groups in total. The highest BCUT2D eigenvalue weighted by Crippen LogP contribution is 2.23. The van der Waals surface area contributed by atoms with Crippen molar-refractivity contribution in [3.8, 4) is 11.5 Å². The fourth-order valence-electron chi connectivity index (χ4n) is 3.48. The van der Waals surface area contributed by atoms with Crippen molar-refractivity contribution in [3.05, 3.63) is 71.6 Å². The molecular weight excluding hydrogens is 322 g/mol. The number of aryl methyl sites for hydroxylation is 2. The summed E-state index contributed by atoms with van der Waals surface area (Å²) in [7, 11) is 0. The molecule has 0 saturated carbocycles. The number of anilines is 1. The predicted molar refractivity (Wildman–Crippen MR) is 105 cm³/mol. The van der Waals surface area contributed by atoms with Crippen LogP contribution in [0, 0.1) is 13.8 Å². The number of hydrogen-bond donors (Lipinski definition) is 0. The first-order valence-corrected chi connectivity index (χ1v) is 9.25. The summed E-state index contributed by atoms with van der Waals surface area (Å²) in [5, 5.41) is 0. The minimum Gasteiger partial charge on any atom is -0.441 e. The predicted octanol–water partition coefficient (Wildman–Crippen LogP) is 4.28. The van der Waals surface area contributed by atoms with Gasteiger partial charge in [-0.2, -0.15) is 0 Å². The zero-order chi connectivity index (χ0) is 17.9. The summed E-state index contributed by atoms with van der Waals surface area (Å²) >= 11 is 0. The molecule has 0 bridgehead atoms. The molecule has 1 aromatic heterocycles. The Morgan fingerprint density at radius 1 is 0.923 bits per heavy atom. The minimum absolute atomic E-state index is 0.719. The van der Waals surface area contributed by atoms with Gasteiger partial charge in [0.05, 0.1) is 5.69 Å². The lowest BCUT2D eigenvalue weighted by Crippen LogP contribution is -2.46. The van der Waals surface area contributed by atoms with Gasteiger partial charge in [0, 0.05) is 44.0 Å². The highest BCUT2D eigenvalue weighted by Gasteiger charge is 2.20. The Morgan fingerprint density at radius 2 is 1.69 bits per heavy atom. The van der Waals surface area contributed by atoms with Crippen LogP contribution in [0.3, 0.4) is 0 Å². The molecule has 0 spiro atoms. The maximum absolute atomic E-state index is 5.90. The molecule has 0 atom stereocenters. The van der Waals surface area contributed by atoms with E-state index in [2.05, 4.69) is 41.0 Å². The van der Waals surface area contributed by atoms with Crippen molar-refractivity contribution in [2.24, 2.45) is 0 Å². The first-order valence-electron chi connectivity index (χ1n) is 9.25. The third kappa shape index (κ3) is 3.65. The first-order chi connectivity index (χ1) is 12.7. The Morgan fingerprint density at radius 3 is 2.42 bits per heavy atom. The topological polar surface area (TPSA) is 32.5 Å². The molecular formula is C22H25N3O. The van der Waals surface area contributed by atoms with Crippen molar-refractivity contribution in [3.63, 3.8) is 0 Å². The molecule has 26 heavy (non-hydrogen) atoms. The van der Waals surface area contributed by atoms with Gasteiger partial charge >= 0.3 is 0 Å². The van der Waals surface area contributed by atoms with Crippen molar-refractivity contribution in [2.75, 3.05) is 31.1 Å². The van der Waals surface area contributed by atoms with E-state index < -0.39 is 0 Å². The van der Waals surface area contributed by atoms with Crippen LogP contribution in [0.5, 0.6) is 0 Å². The molecule has 1 saturated heterocycles. The Kier molecular flexibility index (Phi) is 4.76. The summed E-state index contributed by atoms with van der Waals surface area (Å²) in [6, 6.07) is 18.9. The van der Waals surface area contributed by atoms with Crippen LogP contribution in [-0.4, -0.2) is 36.1 Å². The Bertz CT molecular complexity index is 864. The van der Waals surface area contributed by atoms with E-state index in [0.717, 1.165) is 55.6 Å². The van der Waals surface area contributed by atoms with Gasteiger partial charge in [0.15, 0.2) is 0 Å². The summed E-state index contributed by atoms with van der Waals surface area (Å²) in [5.41, 5.74) is 4.73. The first kappa shape index (κ1) is 16.9.